The first-order valence-electron chi connectivity index (χ1n) is 8.62. The third kappa shape index (κ3) is 3.13. The van der Waals surface area contributed by atoms with Gasteiger partial charge in [-0.25, -0.2) is 8.42 Å². The van der Waals surface area contributed by atoms with Gasteiger partial charge in [0.25, 0.3) is 5.91 Å². The van der Waals surface area contributed by atoms with E-state index in [2.05, 4.69) is 5.10 Å². The van der Waals surface area contributed by atoms with Crippen LogP contribution < -0.4 is 0 Å². The molecule has 4 rings (SSSR count). The summed E-state index contributed by atoms with van der Waals surface area (Å²) in [5, 5.41) is 4.25. The third-order valence-electron chi connectivity index (χ3n) is 5.01. The molecule has 134 valence electrons. The summed E-state index contributed by atoms with van der Waals surface area (Å²) in [6.07, 6.45) is 6.79. The van der Waals surface area contributed by atoms with E-state index in [0.29, 0.717) is 6.54 Å². The highest BCUT2D eigenvalue weighted by Crippen LogP contribution is 2.34. The van der Waals surface area contributed by atoms with Crippen LogP contribution in [0.1, 0.15) is 45.1 Å². The maximum atomic E-state index is 13.1. The molecule has 1 aliphatic carbocycles. The summed E-state index contributed by atoms with van der Waals surface area (Å²) < 4.78 is 26.1. The molecule has 1 amide bonds. The van der Waals surface area contributed by atoms with E-state index in [1.54, 1.807) is 27.1 Å². The van der Waals surface area contributed by atoms with Gasteiger partial charge in [0.05, 0.1) is 28.6 Å². The highest BCUT2D eigenvalue weighted by atomic mass is 32.2. The maximum absolute atomic E-state index is 13.1. The van der Waals surface area contributed by atoms with E-state index in [9.17, 15) is 13.2 Å². The maximum Gasteiger partial charge on any atom is 0.264 e. The zero-order valence-corrected chi connectivity index (χ0v) is 15.8. The number of carbonyl (C=O) groups excluding carboxylic acids is 1. The minimum absolute atomic E-state index is 0.0285. The van der Waals surface area contributed by atoms with Gasteiger partial charge in [0, 0.05) is 29.7 Å². The number of nitrogens with zero attached hydrogens (tertiary/aromatic N) is 3. The van der Waals surface area contributed by atoms with E-state index in [1.165, 1.54) is 10.4 Å². The Morgan fingerprint density at radius 1 is 1.40 bits per heavy atom. The predicted molar refractivity (Wildman–Crippen MR) is 96.7 cm³/mol. The Labute approximate surface area is 151 Å². The Morgan fingerprint density at radius 3 is 2.96 bits per heavy atom. The molecular weight excluding hydrogens is 358 g/mol. The van der Waals surface area contributed by atoms with E-state index >= 15 is 0 Å². The molecule has 0 N–H and O–H groups in total. The van der Waals surface area contributed by atoms with Crippen molar-refractivity contribution in [2.75, 3.05) is 18.1 Å². The monoisotopic (exact) mass is 379 g/mol. The Morgan fingerprint density at radius 2 is 2.24 bits per heavy atom. The molecule has 2 aromatic rings. The molecule has 1 atom stereocenters. The van der Waals surface area contributed by atoms with Crippen molar-refractivity contribution in [3.8, 4) is 0 Å². The number of aryl methyl sites for hydroxylation is 3. The summed E-state index contributed by atoms with van der Waals surface area (Å²) in [7, 11) is -3.15. The van der Waals surface area contributed by atoms with Gasteiger partial charge in [-0.15, -0.1) is 11.3 Å². The molecule has 0 bridgehead atoms. The number of rotatable bonds is 3. The number of carbonyl (C=O) groups is 1. The van der Waals surface area contributed by atoms with Crippen LogP contribution in [0.5, 0.6) is 0 Å². The van der Waals surface area contributed by atoms with Crippen LogP contribution in [0.25, 0.3) is 0 Å². The molecule has 2 aliphatic rings. The van der Waals surface area contributed by atoms with Crippen molar-refractivity contribution in [3.63, 3.8) is 0 Å². The van der Waals surface area contributed by atoms with E-state index in [0.717, 1.165) is 29.7 Å². The van der Waals surface area contributed by atoms with Gasteiger partial charge in [-0.1, -0.05) is 0 Å². The molecule has 25 heavy (non-hydrogen) atoms. The second-order valence-corrected chi connectivity index (χ2v) is 10.0. The molecule has 1 aliphatic heterocycles. The fourth-order valence-electron chi connectivity index (χ4n) is 3.63. The van der Waals surface area contributed by atoms with Crippen molar-refractivity contribution >= 4 is 27.1 Å². The molecule has 0 spiro atoms. The van der Waals surface area contributed by atoms with Crippen molar-refractivity contribution in [3.05, 3.63) is 39.3 Å². The van der Waals surface area contributed by atoms with Gasteiger partial charge in [0.15, 0.2) is 9.84 Å². The normalized spacial score (nSPS) is 22.1. The third-order valence-corrected chi connectivity index (χ3v) is 7.86. The molecule has 0 aromatic carbocycles. The van der Waals surface area contributed by atoms with Gasteiger partial charge < -0.3 is 4.90 Å². The number of hydrogen-bond donors (Lipinski definition) is 0. The van der Waals surface area contributed by atoms with Gasteiger partial charge in [-0.2, -0.15) is 5.10 Å². The lowest BCUT2D eigenvalue weighted by molar-refractivity contribution is 0.0702. The lowest BCUT2D eigenvalue weighted by Crippen LogP contribution is -2.45. The Balaban J connectivity index is 1.66. The van der Waals surface area contributed by atoms with E-state index < -0.39 is 15.9 Å². The summed E-state index contributed by atoms with van der Waals surface area (Å²) >= 11 is 1.57. The molecular formula is C17H21N3O3S2. The first kappa shape index (κ1) is 16.8. The number of fused-ring (bicyclic) bond motifs is 1. The van der Waals surface area contributed by atoms with Gasteiger partial charge in [0.2, 0.25) is 0 Å². The van der Waals surface area contributed by atoms with Crippen LogP contribution in [-0.2, 0) is 29.2 Å². The van der Waals surface area contributed by atoms with Crippen LogP contribution in [0.2, 0.25) is 0 Å². The minimum Gasteiger partial charge on any atom is -0.329 e. The fraction of sp³-hybridized carbons (Fsp3) is 0.529. The summed E-state index contributed by atoms with van der Waals surface area (Å²) in [6.45, 7) is 2.93. The number of aromatic nitrogens is 2. The summed E-state index contributed by atoms with van der Waals surface area (Å²) in [4.78, 5) is 16.9. The van der Waals surface area contributed by atoms with E-state index in [-0.39, 0.29) is 24.0 Å². The SMILES string of the molecule is CCn1cc([C@H]2CS(=O)(=O)CCN2C(=O)c2cc3c(s2)CCC3)cn1. The molecule has 0 saturated carbocycles. The van der Waals surface area contributed by atoms with E-state index in [1.807, 2.05) is 19.2 Å². The minimum atomic E-state index is -3.15. The Kier molecular flexibility index (Phi) is 4.19. The summed E-state index contributed by atoms with van der Waals surface area (Å²) in [6, 6.07) is 1.55. The van der Waals surface area contributed by atoms with Gasteiger partial charge in [0.1, 0.15) is 0 Å². The van der Waals surface area contributed by atoms with Crippen LogP contribution >= 0.6 is 11.3 Å². The van der Waals surface area contributed by atoms with Crippen molar-refractivity contribution in [2.45, 2.75) is 38.8 Å². The molecule has 1 saturated heterocycles. The van der Waals surface area contributed by atoms with Crippen molar-refractivity contribution in [2.24, 2.45) is 0 Å². The average Bonchev–Trinajstić information content (AvgIpc) is 3.28. The molecule has 0 unspecified atom stereocenters. The number of thiophene rings is 1. The molecule has 3 heterocycles. The quantitative estimate of drug-likeness (QED) is 0.818. The van der Waals surface area contributed by atoms with Gasteiger partial charge in [-0.05, 0) is 37.8 Å². The summed E-state index contributed by atoms with van der Waals surface area (Å²) in [5.41, 5.74) is 2.08. The fourth-order valence-corrected chi connectivity index (χ4v) is 6.33. The number of amides is 1. The van der Waals surface area contributed by atoms with Crippen LogP contribution in [0, 0.1) is 0 Å². The van der Waals surface area contributed by atoms with E-state index in [4.69, 9.17) is 0 Å². The second-order valence-electron chi connectivity index (χ2n) is 6.67. The van der Waals surface area contributed by atoms with Crippen LogP contribution in [-0.4, -0.2) is 47.1 Å². The highest BCUT2D eigenvalue weighted by molar-refractivity contribution is 7.91. The molecule has 6 nitrogen and oxygen atoms in total. The average molecular weight is 380 g/mol. The topological polar surface area (TPSA) is 72.3 Å². The van der Waals surface area contributed by atoms with Gasteiger partial charge >= 0.3 is 0 Å². The summed E-state index contributed by atoms with van der Waals surface area (Å²) in [5.74, 6) is -0.0508. The van der Waals surface area contributed by atoms with Crippen LogP contribution in [0.4, 0.5) is 0 Å². The first-order chi connectivity index (χ1) is 12.0. The second kappa shape index (κ2) is 6.25. The molecule has 0 radical (unpaired) electrons. The predicted octanol–water partition coefficient (Wildman–Crippen LogP) is 2.07. The molecule has 1 fully saturated rings. The largest absolute Gasteiger partial charge is 0.329 e. The zero-order chi connectivity index (χ0) is 17.6. The standard InChI is InChI=1S/C17H21N3O3S2/c1-2-19-10-13(9-18-19)14-11-25(22,23)7-6-20(14)17(21)16-8-12-4-3-5-15(12)24-16/h8-10,14H,2-7,11H2,1H3/t14-/m1/s1. The van der Waals surface area contributed by atoms with Crippen molar-refractivity contribution < 1.29 is 13.2 Å². The van der Waals surface area contributed by atoms with Crippen LogP contribution in [0.15, 0.2) is 18.5 Å². The first-order valence-corrected chi connectivity index (χ1v) is 11.3. The molecule has 2 aromatic heterocycles. The smallest absolute Gasteiger partial charge is 0.264 e. The number of hydrogen-bond acceptors (Lipinski definition) is 5. The van der Waals surface area contributed by atoms with Crippen molar-refractivity contribution in [1.82, 2.24) is 14.7 Å². The van der Waals surface area contributed by atoms with Crippen LogP contribution in [0.3, 0.4) is 0 Å². The van der Waals surface area contributed by atoms with Gasteiger partial charge in [-0.3, -0.25) is 9.48 Å². The number of sulfone groups is 1. The van der Waals surface area contributed by atoms with Crippen molar-refractivity contribution in [1.29, 1.82) is 0 Å². The Bertz CT molecular complexity index is 892. The zero-order valence-electron chi connectivity index (χ0n) is 14.1. The lowest BCUT2D eigenvalue weighted by atomic mass is 10.1. The Hall–Kier alpha value is -1.67. The molecule has 8 heteroatoms. The highest BCUT2D eigenvalue weighted by Gasteiger charge is 2.37. The lowest BCUT2D eigenvalue weighted by Gasteiger charge is -2.34.